The molecule has 7 heterocycles. The van der Waals surface area contributed by atoms with E-state index in [4.69, 9.17) is 0 Å². The van der Waals surface area contributed by atoms with Crippen LogP contribution < -0.4 is 20.4 Å². The van der Waals surface area contributed by atoms with Crippen molar-refractivity contribution in [1.29, 1.82) is 0 Å². The van der Waals surface area contributed by atoms with Crippen LogP contribution >= 0.6 is 0 Å². The van der Waals surface area contributed by atoms with Gasteiger partial charge in [-0.3, -0.25) is 9.69 Å². The van der Waals surface area contributed by atoms with Gasteiger partial charge in [-0.05, 0) is 68.0 Å². The number of phenolic OH excluding ortho intramolecular Hbond substituents is 1. The maximum absolute atomic E-state index is 14.1. The lowest BCUT2D eigenvalue weighted by molar-refractivity contribution is 0.0674. The lowest BCUT2D eigenvalue weighted by atomic mass is 9.96. The molecule has 6 aliphatic rings. The summed E-state index contributed by atoms with van der Waals surface area (Å²) in [6.45, 7) is 11.3. The number of halogens is 2. The van der Waals surface area contributed by atoms with Crippen LogP contribution in [0.2, 0.25) is 0 Å². The minimum atomic E-state index is -1.06. The average Bonchev–Trinajstić information content (AvgIpc) is 3.54. The van der Waals surface area contributed by atoms with Crippen LogP contribution in [-0.2, 0) is 6.54 Å². The zero-order valence-corrected chi connectivity index (χ0v) is 30.5. The van der Waals surface area contributed by atoms with Gasteiger partial charge in [0.1, 0.15) is 5.82 Å². The summed E-state index contributed by atoms with van der Waals surface area (Å²) in [5, 5.41) is 25.3. The zero-order chi connectivity index (χ0) is 36.9. The molecule has 54 heavy (non-hydrogen) atoms. The number of rotatable bonds is 5. The molecule has 3 N–H and O–H groups in total. The molecule has 4 saturated heterocycles. The van der Waals surface area contributed by atoms with Crippen LogP contribution in [0.3, 0.4) is 0 Å². The molecule has 3 aromatic rings. The fourth-order valence-electron chi connectivity index (χ4n) is 9.32. The van der Waals surface area contributed by atoms with Gasteiger partial charge in [0, 0.05) is 114 Å². The van der Waals surface area contributed by atoms with Crippen molar-refractivity contribution in [3.8, 4) is 17.0 Å². The van der Waals surface area contributed by atoms with Crippen LogP contribution in [0.4, 0.5) is 30.8 Å². The number of phenols is 1. The van der Waals surface area contributed by atoms with E-state index < -0.39 is 17.4 Å². The first kappa shape index (κ1) is 35.0. The van der Waals surface area contributed by atoms with Crippen LogP contribution in [0.5, 0.6) is 5.75 Å². The maximum Gasteiger partial charge on any atom is 0.320 e. The number of hydrogen-bond donors (Lipinski definition) is 3. The lowest BCUT2D eigenvalue weighted by Crippen LogP contribution is -2.61. The molecular weight excluding hydrogens is 694 g/mol. The summed E-state index contributed by atoms with van der Waals surface area (Å²) < 4.78 is 28.1. The third kappa shape index (κ3) is 6.65. The zero-order valence-electron chi connectivity index (χ0n) is 30.5. The van der Waals surface area contributed by atoms with Crippen molar-refractivity contribution in [2.75, 3.05) is 100 Å². The molecule has 0 saturated carbocycles. The number of carbonyl (C=O) groups is 2. The highest BCUT2D eigenvalue weighted by molar-refractivity contribution is 5.99. The number of aromatic hydroxyl groups is 1. The molecule has 9 rings (SSSR count). The summed E-state index contributed by atoms with van der Waals surface area (Å²) in [6, 6.07) is 10.2. The first-order chi connectivity index (χ1) is 26.3. The molecular formula is C39H48F2N10O3. The molecule has 15 heteroatoms. The van der Waals surface area contributed by atoms with Crippen LogP contribution in [0.25, 0.3) is 11.3 Å². The van der Waals surface area contributed by atoms with Crippen LogP contribution in [-0.4, -0.2) is 144 Å². The molecule has 286 valence electrons. The van der Waals surface area contributed by atoms with Crippen molar-refractivity contribution >= 4 is 29.1 Å². The number of benzene rings is 2. The van der Waals surface area contributed by atoms with E-state index in [1.807, 2.05) is 9.80 Å². The number of nitrogens with one attached hydrogen (secondary N) is 2. The number of piperazine rings is 2. The Morgan fingerprint density at radius 1 is 0.852 bits per heavy atom. The number of piperidine rings is 2. The van der Waals surface area contributed by atoms with Gasteiger partial charge in [0.25, 0.3) is 5.91 Å². The molecule has 0 spiro atoms. The Balaban J connectivity index is 0.744. The summed E-state index contributed by atoms with van der Waals surface area (Å²) in [6.07, 6.45) is 4.16. The quantitative estimate of drug-likeness (QED) is 0.359. The molecule has 3 amide bonds. The summed E-state index contributed by atoms with van der Waals surface area (Å²) >= 11 is 0. The number of amides is 3. The summed E-state index contributed by atoms with van der Waals surface area (Å²) in [7, 11) is 0. The monoisotopic (exact) mass is 742 g/mol. The second-order valence-corrected chi connectivity index (χ2v) is 15.7. The molecule has 1 unspecified atom stereocenters. The van der Waals surface area contributed by atoms with E-state index in [0.29, 0.717) is 44.0 Å². The molecule has 1 aromatic heterocycles. The molecule has 2 aromatic carbocycles. The summed E-state index contributed by atoms with van der Waals surface area (Å²) in [5.74, 6) is -1.24. The van der Waals surface area contributed by atoms with Crippen LogP contribution in [0.15, 0.2) is 36.4 Å². The Bertz CT molecular complexity index is 1910. The molecule has 0 aliphatic carbocycles. The number of nitrogens with zero attached hydrogens (tertiary/aromatic N) is 8. The Hall–Kier alpha value is -4.76. The predicted octanol–water partition coefficient (Wildman–Crippen LogP) is 3.41. The van der Waals surface area contributed by atoms with E-state index in [0.717, 1.165) is 120 Å². The second kappa shape index (κ2) is 14.5. The van der Waals surface area contributed by atoms with Crippen LogP contribution in [0.1, 0.15) is 41.6 Å². The number of urea groups is 1. The van der Waals surface area contributed by atoms with Gasteiger partial charge in [0.15, 0.2) is 17.4 Å². The van der Waals surface area contributed by atoms with Crippen molar-refractivity contribution in [2.24, 2.45) is 5.92 Å². The highest BCUT2D eigenvalue weighted by Gasteiger charge is 2.38. The van der Waals surface area contributed by atoms with Gasteiger partial charge in [-0.1, -0.05) is 6.07 Å². The molecule has 4 fully saturated rings. The van der Waals surface area contributed by atoms with Crippen molar-refractivity contribution in [3.05, 3.63) is 59.2 Å². The number of fused-ring (bicyclic) bond motifs is 4. The van der Waals surface area contributed by atoms with Crippen molar-refractivity contribution in [3.63, 3.8) is 0 Å². The second-order valence-electron chi connectivity index (χ2n) is 15.7. The molecule has 0 bridgehead atoms. The number of likely N-dealkylation sites (tertiary alicyclic amines) is 1. The van der Waals surface area contributed by atoms with E-state index in [1.54, 1.807) is 6.07 Å². The third-order valence-electron chi connectivity index (χ3n) is 12.4. The van der Waals surface area contributed by atoms with Crippen LogP contribution in [0, 0.1) is 17.6 Å². The smallest absolute Gasteiger partial charge is 0.320 e. The predicted molar refractivity (Wildman–Crippen MR) is 201 cm³/mol. The van der Waals surface area contributed by atoms with E-state index in [9.17, 15) is 23.5 Å². The highest BCUT2D eigenvalue weighted by Crippen LogP contribution is 2.38. The summed E-state index contributed by atoms with van der Waals surface area (Å²) in [4.78, 5) is 40.2. The normalized spacial score (nSPS) is 23.6. The summed E-state index contributed by atoms with van der Waals surface area (Å²) in [5.41, 5.74) is 4.01. The standard InChI is InChI=1S/C39H48F2N10O3/c40-27-16-32(36(52)33(41)17-27)34-19-35-37(45-44-34)43-21-30-24-49(14-15-50(30)35)39(54)48-8-5-25(6-9-48)22-46-10-12-47(13-11-46)28-4-3-26-23-51(38(53)31(26)18-28)29-2-1-7-42-20-29/h3-4,16-19,25,29-30,42,52H,1-2,5-15,20-24H2,(H,43,45)/t29?,30-/m0/s1. The highest BCUT2D eigenvalue weighted by atomic mass is 19.1. The number of hydrogen-bond acceptors (Lipinski definition) is 10. The Morgan fingerprint density at radius 2 is 1.69 bits per heavy atom. The largest absolute Gasteiger partial charge is 0.504 e. The minimum absolute atomic E-state index is 0.00705. The van der Waals surface area contributed by atoms with E-state index in [2.05, 4.69) is 58.6 Å². The van der Waals surface area contributed by atoms with E-state index in [1.165, 1.54) is 0 Å². The van der Waals surface area contributed by atoms with E-state index >= 15 is 0 Å². The lowest BCUT2D eigenvalue weighted by Gasteiger charge is -2.47. The van der Waals surface area contributed by atoms with Gasteiger partial charge in [0.05, 0.1) is 17.4 Å². The SMILES string of the molecule is O=C(N1CCC(CN2CCN(c3ccc4c(c3)C(=O)N(C3CCCNC3)C4)CC2)CC1)N1CCN2c3cc(-c4cc(F)cc(F)c4O)nnc3NC[C@H]2C1. The Morgan fingerprint density at radius 3 is 2.48 bits per heavy atom. The van der Waals surface area contributed by atoms with Crippen molar-refractivity contribution in [1.82, 2.24) is 35.1 Å². The molecule has 2 atom stereocenters. The van der Waals surface area contributed by atoms with Gasteiger partial charge in [-0.25, -0.2) is 13.6 Å². The average molecular weight is 743 g/mol. The van der Waals surface area contributed by atoms with Crippen molar-refractivity contribution in [2.45, 2.75) is 44.3 Å². The topological polar surface area (TPSA) is 124 Å². The van der Waals surface area contributed by atoms with E-state index in [-0.39, 0.29) is 35.3 Å². The minimum Gasteiger partial charge on any atom is -0.504 e. The third-order valence-corrected chi connectivity index (χ3v) is 12.4. The molecule has 0 radical (unpaired) electrons. The Kier molecular flexibility index (Phi) is 9.37. The molecule has 6 aliphatic heterocycles. The Labute approximate surface area is 313 Å². The van der Waals surface area contributed by atoms with Gasteiger partial charge in [-0.15, -0.1) is 10.2 Å². The number of carbonyl (C=O) groups excluding carboxylic acids is 2. The number of aromatic nitrogens is 2. The van der Waals surface area contributed by atoms with Crippen molar-refractivity contribution < 1.29 is 23.5 Å². The van der Waals surface area contributed by atoms with Gasteiger partial charge >= 0.3 is 6.03 Å². The first-order valence-electron chi connectivity index (χ1n) is 19.5. The maximum atomic E-state index is 14.1. The van der Waals surface area contributed by atoms with Gasteiger partial charge in [0.2, 0.25) is 0 Å². The fourth-order valence-corrected chi connectivity index (χ4v) is 9.32. The van der Waals surface area contributed by atoms with Gasteiger partial charge in [-0.2, -0.15) is 0 Å². The fraction of sp³-hybridized carbons (Fsp3) is 0.538. The number of anilines is 3. The first-order valence-corrected chi connectivity index (χ1v) is 19.5. The molecule has 13 nitrogen and oxygen atoms in total. The van der Waals surface area contributed by atoms with Gasteiger partial charge < -0.3 is 40.2 Å².